The van der Waals surface area contributed by atoms with Crippen molar-refractivity contribution in [2.24, 2.45) is 5.73 Å². The van der Waals surface area contributed by atoms with Gasteiger partial charge >= 0.3 is 6.36 Å². The van der Waals surface area contributed by atoms with E-state index in [1.807, 2.05) is 31.2 Å². The van der Waals surface area contributed by atoms with Gasteiger partial charge in [-0.15, -0.1) is 13.2 Å². The Bertz CT molecular complexity index is 610. The molecule has 2 nitrogen and oxygen atoms in total. The van der Waals surface area contributed by atoms with Crippen LogP contribution in [-0.2, 0) is 0 Å². The van der Waals surface area contributed by atoms with Crippen LogP contribution in [0.2, 0.25) is 0 Å². The average molecular weight is 295 g/mol. The summed E-state index contributed by atoms with van der Waals surface area (Å²) < 4.78 is 40.7. The second-order valence-electron chi connectivity index (χ2n) is 4.72. The Morgan fingerprint density at radius 1 is 1.05 bits per heavy atom. The van der Waals surface area contributed by atoms with Crippen LogP contribution >= 0.6 is 0 Å². The van der Waals surface area contributed by atoms with E-state index in [2.05, 4.69) is 4.74 Å². The molecular formula is C16H16F3NO. The van der Waals surface area contributed by atoms with Gasteiger partial charge in [0.05, 0.1) is 0 Å². The zero-order valence-electron chi connectivity index (χ0n) is 11.5. The number of alkyl halides is 3. The predicted molar refractivity (Wildman–Crippen MR) is 75.8 cm³/mol. The van der Waals surface area contributed by atoms with Gasteiger partial charge in [-0.05, 0) is 41.3 Å². The Balaban J connectivity index is 2.32. The van der Waals surface area contributed by atoms with Gasteiger partial charge in [0.1, 0.15) is 5.75 Å². The molecule has 0 aromatic heterocycles. The van der Waals surface area contributed by atoms with Crippen LogP contribution in [0.25, 0.3) is 11.1 Å². The van der Waals surface area contributed by atoms with Crippen LogP contribution in [0.3, 0.4) is 0 Å². The second-order valence-corrected chi connectivity index (χ2v) is 4.72. The summed E-state index contributed by atoms with van der Waals surface area (Å²) in [5.74, 6) is -0.231. The van der Waals surface area contributed by atoms with Gasteiger partial charge in [0.15, 0.2) is 0 Å². The molecule has 2 N–H and O–H groups in total. The summed E-state index contributed by atoms with van der Waals surface area (Å²) in [5.41, 5.74) is 8.40. The summed E-state index contributed by atoms with van der Waals surface area (Å²) >= 11 is 0. The number of rotatable bonds is 4. The van der Waals surface area contributed by atoms with Gasteiger partial charge in [-0.3, -0.25) is 0 Å². The molecule has 1 atom stereocenters. The Morgan fingerprint density at radius 2 is 1.67 bits per heavy atom. The maximum absolute atomic E-state index is 12.3. The summed E-state index contributed by atoms with van der Waals surface area (Å²) in [6.45, 7) is 1.98. The van der Waals surface area contributed by atoms with E-state index in [1.165, 1.54) is 18.2 Å². The Kier molecular flexibility index (Phi) is 4.53. The molecule has 5 heteroatoms. The smallest absolute Gasteiger partial charge is 0.406 e. The fourth-order valence-electron chi connectivity index (χ4n) is 2.06. The zero-order chi connectivity index (χ0) is 15.5. The maximum Gasteiger partial charge on any atom is 0.573 e. The van der Waals surface area contributed by atoms with Crippen LogP contribution in [0.5, 0.6) is 5.75 Å². The molecule has 2 aromatic carbocycles. The van der Waals surface area contributed by atoms with E-state index >= 15 is 0 Å². The van der Waals surface area contributed by atoms with Crippen molar-refractivity contribution in [3.8, 4) is 16.9 Å². The van der Waals surface area contributed by atoms with Crippen molar-refractivity contribution in [1.29, 1.82) is 0 Å². The number of benzene rings is 2. The Morgan fingerprint density at radius 3 is 2.29 bits per heavy atom. The lowest BCUT2D eigenvalue weighted by molar-refractivity contribution is -0.274. The van der Waals surface area contributed by atoms with Crippen LogP contribution < -0.4 is 10.5 Å². The van der Waals surface area contributed by atoms with Gasteiger partial charge in [0.25, 0.3) is 0 Å². The Hall–Kier alpha value is -2.01. The lowest BCUT2D eigenvalue weighted by Gasteiger charge is -2.12. The molecule has 0 heterocycles. The standard InChI is InChI=1S/C16H16F3NO/c1-2-15(20)13-7-3-5-11(9-13)12-6-4-8-14(10-12)21-16(17,18)19/h3-10,15H,2,20H2,1H3. The van der Waals surface area contributed by atoms with Crippen molar-refractivity contribution >= 4 is 0 Å². The Labute approximate surface area is 121 Å². The largest absolute Gasteiger partial charge is 0.573 e. The van der Waals surface area contributed by atoms with E-state index in [0.717, 1.165) is 17.5 Å². The van der Waals surface area contributed by atoms with Crippen molar-refractivity contribution in [3.63, 3.8) is 0 Å². The molecular weight excluding hydrogens is 279 g/mol. The first-order valence-electron chi connectivity index (χ1n) is 6.61. The highest BCUT2D eigenvalue weighted by atomic mass is 19.4. The first-order valence-corrected chi connectivity index (χ1v) is 6.61. The molecule has 0 aliphatic heterocycles. The molecule has 0 aliphatic rings. The van der Waals surface area contributed by atoms with Gasteiger partial charge < -0.3 is 10.5 Å². The molecule has 2 aromatic rings. The third kappa shape index (κ3) is 4.23. The fourth-order valence-corrected chi connectivity index (χ4v) is 2.06. The highest BCUT2D eigenvalue weighted by molar-refractivity contribution is 5.66. The maximum atomic E-state index is 12.3. The molecule has 1 unspecified atom stereocenters. The fraction of sp³-hybridized carbons (Fsp3) is 0.250. The molecule has 0 saturated heterocycles. The van der Waals surface area contributed by atoms with Crippen molar-refractivity contribution in [2.45, 2.75) is 25.7 Å². The third-order valence-electron chi connectivity index (χ3n) is 3.16. The lowest BCUT2D eigenvalue weighted by atomic mass is 9.99. The van der Waals surface area contributed by atoms with E-state index in [1.54, 1.807) is 6.07 Å². The van der Waals surface area contributed by atoms with Crippen molar-refractivity contribution < 1.29 is 17.9 Å². The quantitative estimate of drug-likeness (QED) is 0.890. The van der Waals surface area contributed by atoms with Gasteiger partial charge in [-0.2, -0.15) is 0 Å². The second kappa shape index (κ2) is 6.18. The summed E-state index contributed by atoms with van der Waals surface area (Å²) in [6.07, 6.45) is -3.90. The summed E-state index contributed by atoms with van der Waals surface area (Å²) in [5, 5.41) is 0. The van der Waals surface area contributed by atoms with Gasteiger partial charge in [0.2, 0.25) is 0 Å². The van der Waals surface area contributed by atoms with Crippen LogP contribution in [-0.4, -0.2) is 6.36 Å². The average Bonchev–Trinajstić information content (AvgIpc) is 2.45. The van der Waals surface area contributed by atoms with E-state index in [9.17, 15) is 13.2 Å². The topological polar surface area (TPSA) is 35.2 Å². The molecule has 0 spiro atoms. The molecule has 0 fully saturated rings. The highest BCUT2D eigenvalue weighted by Gasteiger charge is 2.31. The lowest BCUT2D eigenvalue weighted by Crippen LogP contribution is -2.17. The number of ether oxygens (including phenoxy) is 1. The minimum Gasteiger partial charge on any atom is -0.406 e. The van der Waals surface area contributed by atoms with E-state index < -0.39 is 6.36 Å². The van der Waals surface area contributed by atoms with Gasteiger partial charge in [-0.25, -0.2) is 0 Å². The van der Waals surface area contributed by atoms with Crippen LogP contribution in [0.1, 0.15) is 24.9 Å². The van der Waals surface area contributed by atoms with Crippen LogP contribution in [0.15, 0.2) is 48.5 Å². The summed E-state index contributed by atoms with van der Waals surface area (Å²) in [7, 11) is 0. The number of halogens is 3. The predicted octanol–water partition coefficient (Wildman–Crippen LogP) is 4.66. The number of nitrogens with two attached hydrogens (primary N) is 1. The molecule has 21 heavy (non-hydrogen) atoms. The summed E-state index contributed by atoms with van der Waals surface area (Å²) in [4.78, 5) is 0. The molecule has 2 rings (SSSR count). The molecule has 0 aliphatic carbocycles. The van der Waals surface area contributed by atoms with Crippen LogP contribution in [0.4, 0.5) is 13.2 Å². The molecule has 0 radical (unpaired) electrons. The van der Waals surface area contributed by atoms with Gasteiger partial charge in [-0.1, -0.05) is 37.3 Å². The molecule has 0 amide bonds. The monoisotopic (exact) mass is 295 g/mol. The SMILES string of the molecule is CCC(N)c1cccc(-c2cccc(OC(F)(F)F)c2)c1. The zero-order valence-corrected chi connectivity index (χ0v) is 11.5. The van der Waals surface area contributed by atoms with Gasteiger partial charge in [0, 0.05) is 6.04 Å². The molecule has 0 saturated carbocycles. The van der Waals surface area contributed by atoms with Crippen molar-refractivity contribution in [1.82, 2.24) is 0 Å². The van der Waals surface area contributed by atoms with E-state index in [-0.39, 0.29) is 11.8 Å². The van der Waals surface area contributed by atoms with E-state index in [0.29, 0.717) is 5.56 Å². The highest BCUT2D eigenvalue weighted by Crippen LogP contribution is 2.29. The van der Waals surface area contributed by atoms with Crippen molar-refractivity contribution in [2.75, 3.05) is 0 Å². The molecule has 0 bridgehead atoms. The summed E-state index contributed by atoms with van der Waals surface area (Å²) in [6, 6.07) is 13.3. The first kappa shape index (κ1) is 15.4. The normalized spacial score (nSPS) is 13.0. The first-order chi connectivity index (χ1) is 9.89. The molecule has 112 valence electrons. The minimum atomic E-state index is -4.69. The number of hydrogen-bond donors (Lipinski definition) is 1. The minimum absolute atomic E-state index is 0.0837. The number of hydrogen-bond acceptors (Lipinski definition) is 2. The van der Waals surface area contributed by atoms with Crippen LogP contribution in [0, 0.1) is 0 Å². The third-order valence-corrected chi connectivity index (χ3v) is 3.16. The van der Waals surface area contributed by atoms with Crippen molar-refractivity contribution in [3.05, 3.63) is 54.1 Å². The van der Waals surface area contributed by atoms with E-state index in [4.69, 9.17) is 5.73 Å².